The summed E-state index contributed by atoms with van der Waals surface area (Å²) in [6, 6.07) is 0. The largest absolute Gasteiger partial charge is 0.316 e. The predicted octanol–water partition coefficient (Wildman–Crippen LogP) is 5.54. The van der Waals surface area contributed by atoms with Crippen LogP contribution in [0.15, 0.2) is 0 Å². The van der Waals surface area contributed by atoms with Crippen LogP contribution >= 0.6 is 0 Å². The lowest BCUT2D eigenvalue weighted by atomic mass is 9.67. The average Bonchev–Trinajstić information content (AvgIpc) is 2.32. The lowest BCUT2D eigenvalue weighted by Crippen LogP contribution is -2.50. The molecule has 114 valence electrons. The Balaban J connectivity index is 2.24. The first-order valence-corrected chi connectivity index (χ1v) is 8.93. The van der Waals surface area contributed by atoms with E-state index in [2.05, 4.69) is 26.1 Å². The van der Waals surface area contributed by atoms with Gasteiger partial charge in [-0.15, -0.1) is 0 Å². The van der Waals surface area contributed by atoms with Gasteiger partial charge in [0.25, 0.3) is 0 Å². The van der Waals surface area contributed by atoms with E-state index in [0.717, 1.165) is 5.92 Å². The summed E-state index contributed by atoms with van der Waals surface area (Å²) < 4.78 is 0. The van der Waals surface area contributed by atoms with Crippen molar-refractivity contribution in [2.45, 2.75) is 91.4 Å². The topological polar surface area (TPSA) is 12.0 Å². The Morgan fingerprint density at radius 2 is 1.26 bits per heavy atom. The van der Waals surface area contributed by atoms with Crippen molar-refractivity contribution in [3.63, 3.8) is 0 Å². The van der Waals surface area contributed by atoms with Gasteiger partial charge in [-0.3, -0.25) is 0 Å². The molecule has 19 heavy (non-hydrogen) atoms. The zero-order valence-electron chi connectivity index (χ0n) is 13.8. The smallest absolute Gasteiger partial charge is 0.000302 e. The van der Waals surface area contributed by atoms with Crippen LogP contribution in [0.4, 0.5) is 0 Å². The first-order valence-electron chi connectivity index (χ1n) is 8.93. The fourth-order valence-electron chi connectivity index (χ4n) is 3.40. The Labute approximate surface area is 121 Å². The van der Waals surface area contributed by atoms with Crippen LogP contribution in [0.25, 0.3) is 0 Å². The molecular weight excluding hydrogens is 230 g/mol. The van der Waals surface area contributed by atoms with Gasteiger partial charge in [-0.25, -0.2) is 0 Å². The first kappa shape index (κ1) is 17.0. The van der Waals surface area contributed by atoms with Crippen molar-refractivity contribution in [1.82, 2.24) is 5.32 Å². The van der Waals surface area contributed by atoms with E-state index in [0.29, 0.717) is 5.41 Å². The van der Waals surface area contributed by atoms with Crippen molar-refractivity contribution in [2.24, 2.45) is 11.3 Å². The van der Waals surface area contributed by atoms with Crippen LogP contribution in [-0.4, -0.2) is 13.1 Å². The molecule has 0 aromatic rings. The van der Waals surface area contributed by atoms with Crippen LogP contribution in [0.3, 0.4) is 0 Å². The number of hydrogen-bond acceptors (Lipinski definition) is 1. The predicted molar refractivity (Wildman–Crippen MR) is 86.6 cm³/mol. The van der Waals surface area contributed by atoms with Crippen molar-refractivity contribution < 1.29 is 0 Å². The Kier molecular flexibility index (Phi) is 8.77. The van der Waals surface area contributed by atoms with Crippen molar-refractivity contribution in [3.8, 4) is 0 Å². The monoisotopic (exact) mass is 267 g/mol. The summed E-state index contributed by atoms with van der Waals surface area (Å²) in [4.78, 5) is 0. The highest BCUT2D eigenvalue weighted by Gasteiger charge is 2.36. The maximum Gasteiger partial charge on any atom is -0.000302 e. The summed E-state index contributed by atoms with van der Waals surface area (Å²) in [5.74, 6) is 0.959. The molecule has 0 saturated carbocycles. The molecule has 1 nitrogen and oxygen atoms in total. The quantitative estimate of drug-likeness (QED) is 0.458. The molecule has 1 atom stereocenters. The third-order valence-corrected chi connectivity index (χ3v) is 5.22. The van der Waals surface area contributed by atoms with Gasteiger partial charge in [0.2, 0.25) is 0 Å². The van der Waals surface area contributed by atoms with Crippen molar-refractivity contribution >= 4 is 0 Å². The van der Waals surface area contributed by atoms with E-state index in [1.54, 1.807) is 0 Å². The highest BCUT2D eigenvalue weighted by atomic mass is 15.0. The van der Waals surface area contributed by atoms with Gasteiger partial charge in [-0.2, -0.15) is 0 Å². The number of nitrogens with one attached hydrogen (secondary N) is 1. The molecule has 1 unspecified atom stereocenters. The molecule has 0 radical (unpaired) electrons. The lowest BCUT2D eigenvalue weighted by Gasteiger charge is -2.44. The number of hydrogen-bond donors (Lipinski definition) is 1. The van der Waals surface area contributed by atoms with Crippen molar-refractivity contribution in [2.75, 3.05) is 13.1 Å². The van der Waals surface area contributed by atoms with Gasteiger partial charge < -0.3 is 5.32 Å². The Hall–Kier alpha value is -0.0400. The van der Waals surface area contributed by atoms with Crippen LogP contribution in [0.1, 0.15) is 91.4 Å². The van der Waals surface area contributed by atoms with E-state index in [9.17, 15) is 0 Å². The second-order valence-corrected chi connectivity index (χ2v) is 6.98. The highest BCUT2D eigenvalue weighted by molar-refractivity contribution is 4.90. The molecular formula is C18H37N. The molecule has 1 aliphatic heterocycles. The first-order chi connectivity index (χ1) is 9.23. The molecule has 1 fully saturated rings. The average molecular weight is 268 g/mol. The molecule has 0 aliphatic carbocycles. The van der Waals surface area contributed by atoms with Gasteiger partial charge >= 0.3 is 0 Å². The normalized spacial score (nSPS) is 19.1. The van der Waals surface area contributed by atoms with E-state index in [4.69, 9.17) is 0 Å². The minimum atomic E-state index is 0.630. The maximum atomic E-state index is 3.48. The molecule has 0 aromatic heterocycles. The van der Waals surface area contributed by atoms with E-state index in [-0.39, 0.29) is 0 Å². The molecule has 1 saturated heterocycles. The number of unbranched alkanes of at least 4 members (excludes halogenated alkanes) is 7. The SMILES string of the molecule is CCCCCCCC(C)(CCCCCC)C1CNC1. The zero-order chi connectivity index (χ0) is 14.0. The molecule has 1 heterocycles. The van der Waals surface area contributed by atoms with E-state index in [1.807, 2.05) is 0 Å². The molecule has 0 bridgehead atoms. The third kappa shape index (κ3) is 6.29. The Morgan fingerprint density at radius 1 is 0.789 bits per heavy atom. The molecule has 0 aromatic carbocycles. The van der Waals surface area contributed by atoms with Gasteiger partial charge in [0.1, 0.15) is 0 Å². The standard InChI is InChI=1S/C18H37N/c1-4-6-8-10-12-14-18(3,17-15-19-16-17)13-11-9-7-5-2/h17,19H,4-16H2,1-3H3. The molecule has 1 N–H and O–H groups in total. The highest BCUT2D eigenvalue weighted by Crippen LogP contribution is 2.40. The van der Waals surface area contributed by atoms with Crippen molar-refractivity contribution in [3.05, 3.63) is 0 Å². The number of rotatable bonds is 12. The summed E-state index contributed by atoms with van der Waals surface area (Å²) >= 11 is 0. The van der Waals surface area contributed by atoms with Crippen LogP contribution < -0.4 is 5.32 Å². The van der Waals surface area contributed by atoms with Gasteiger partial charge in [-0.1, -0.05) is 78.6 Å². The zero-order valence-corrected chi connectivity index (χ0v) is 13.8. The molecule has 1 rings (SSSR count). The van der Waals surface area contributed by atoms with Crippen LogP contribution in [-0.2, 0) is 0 Å². The summed E-state index contributed by atoms with van der Waals surface area (Å²) in [5, 5.41) is 3.48. The van der Waals surface area contributed by atoms with Gasteiger partial charge in [0, 0.05) is 0 Å². The van der Waals surface area contributed by atoms with E-state index in [1.165, 1.54) is 83.7 Å². The summed E-state index contributed by atoms with van der Waals surface area (Å²) in [6.07, 6.45) is 15.8. The second-order valence-electron chi connectivity index (χ2n) is 6.98. The Morgan fingerprint density at radius 3 is 1.68 bits per heavy atom. The van der Waals surface area contributed by atoms with Gasteiger partial charge in [0.15, 0.2) is 0 Å². The molecule has 1 heteroatoms. The Bertz CT molecular complexity index is 210. The second kappa shape index (κ2) is 9.80. The van der Waals surface area contributed by atoms with E-state index >= 15 is 0 Å². The minimum Gasteiger partial charge on any atom is -0.316 e. The molecule has 0 spiro atoms. The summed E-state index contributed by atoms with van der Waals surface area (Å²) in [5.41, 5.74) is 0.630. The summed E-state index contributed by atoms with van der Waals surface area (Å²) in [7, 11) is 0. The van der Waals surface area contributed by atoms with Crippen LogP contribution in [0.2, 0.25) is 0 Å². The fourth-order valence-corrected chi connectivity index (χ4v) is 3.40. The minimum absolute atomic E-state index is 0.630. The lowest BCUT2D eigenvalue weighted by molar-refractivity contribution is 0.0944. The molecule has 0 amide bonds. The molecule has 1 aliphatic rings. The summed E-state index contributed by atoms with van der Waals surface area (Å²) in [6.45, 7) is 9.74. The van der Waals surface area contributed by atoms with Gasteiger partial charge in [0.05, 0.1) is 0 Å². The third-order valence-electron chi connectivity index (χ3n) is 5.22. The van der Waals surface area contributed by atoms with E-state index < -0.39 is 0 Å². The fraction of sp³-hybridized carbons (Fsp3) is 1.00. The van der Waals surface area contributed by atoms with Crippen LogP contribution in [0, 0.1) is 11.3 Å². The van der Waals surface area contributed by atoms with Gasteiger partial charge in [-0.05, 0) is 37.3 Å². The maximum absolute atomic E-state index is 3.48. The van der Waals surface area contributed by atoms with Crippen LogP contribution in [0.5, 0.6) is 0 Å². The van der Waals surface area contributed by atoms with Crippen molar-refractivity contribution in [1.29, 1.82) is 0 Å².